The van der Waals surface area contributed by atoms with Gasteiger partial charge in [0.1, 0.15) is 6.04 Å². The van der Waals surface area contributed by atoms with E-state index >= 15 is 0 Å². The molecule has 4 rings (SSSR count). The van der Waals surface area contributed by atoms with E-state index in [9.17, 15) is 9.59 Å². The van der Waals surface area contributed by atoms with Crippen LogP contribution in [-0.2, 0) is 16.1 Å². The number of amides is 2. The molecule has 0 aromatic carbocycles. The fraction of sp³-hybridized carbons (Fsp3) is 0.727. The monoisotopic (exact) mass is 433 g/mol. The van der Waals surface area contributed by atoms with Crippen LogP contribution in [0.4, 0.5) is 0 Å². The summed E-state index contributed by atoms with van der Waals surface area (Å²) in [4.78, 5) is 33.7. The van der Waals surface area contributed by atoms with Gasteiger partial charge in [-0.25, -0.2) is 0 Å². The molecule has 0 aliphatic carbocycles. The zero-order chi connectivity index (χ0) is 21.1. The van der Waals surface area contributed by atoms with Crippen molar-refractivity contribution in [3.63, 3.8) is 0 Å². The molecule has 0 unspecified atom stereocenters. The molecule has 4 heterocycles. The smallest absolute Gasteiger partial charge is 0.239 e. The molecule has 1 aromatic rings. The van der Waals surface area contributed by atoms with E-state index in [0.717, 1.165) is 45.3 Å². The van der Waals surface area contributed by atoms with Gasteiger partial charge >= 0.3 is 0 Å². The highest BCUT2D eigenvalue weighted by Gasteiger charge is 2.47. The van der Waals surface area contributed by atoms with Gasteiger partial charge in [0.25, 0.3) is 0 Å². The Morgan fingerprint density at radius 2 is 2.03 bits per heavy atom. The quantitative estimate of drug-likeness (QED) is 0.704. The number of carbonyl (C=O) groups is 2. The maximum Gasteiger partial charge on any atom is 0.239 e. The molecule has 0 radical (unpaired) electrons. The Bertz CT molecular complexity index is 719. The number of carbonyl (C=O) groups excluding carboxylic acids is 2. The molecule has 0 bridgehead atoms. The van der Waals surface area contributed by atoms with Crippen LogP contribution in [0.3, 0.4) is 0 Å². The summed E-state index contributed by atoms with van der Waals surface area (Å²) >= 11 is 1.66. The molecule has 0 spiro atoms. The number of hydrogen-bond acceptors (Lipinski definition) is 6. The minimum absolute atomic E-state index is 0.0546. The van der Waals surface area contributed by atoms with Crippen molar-refractivity contribution >= 4 is 23.2 Å². The fourth-order valence-electron chi connectivity index (χ4n) is 5.32. The molecule has 30 heavy (non-hydrogen) atoms. The Kier molecular flexibility index (Phi) is 7.08. The van der Waals surface area contributed by atoms with Crippen LogP contribution in [0.25, 0.3) is 0 Å². The molecule has 3 fully saturated rings. The molecule has 2 amide bonds. The van der Waals surface area contributed by atoms with Gasteiger partial charge < -0.3 is 15.5 Å². The molecular formula is C22H35N5O2S. The number of piperidine rings is 1. The molecule has 3 saturated heterocycles. The number of rotatable bonds is 6. The summed E-state index contributed by atoms with van der Waals surface area (Å²) in [6.45, 7) is 4.44. The molecule has 3 aliphatic rings. The maximum atomic E-state index is 13.0. The van der Waals surface area contributed by atoms with Crippen molar-refractivity contribution in [2.24, 2.45) is 0 Å². The lowest BCUT2D eigenvalue weighted by molar-refractivity contribution is -0.127. The van der Waals surface area contributed by atoms with Crippen molar-refractivity contribution in [1.82, 2.24) is 25.3 Å². The zero-order valence-electron chi connectivity index (χ0n) is 18.2. The normalized spacial score (nSPS) is 29.4. The van der Waals surface area contributed by atoms with Gasteiger partial charge in [-0.3, -0.25) is 19.4 Å². The molecule has 7 nitrogen and oxygen atoms in total. The maximum absolute atomic E-state index is 13.0. The minimum atomic E-state index is -0.0546. The fourth-order valence-corrected chi connectivity index (χ4v) is 5.96. The van der Waals surface area contributed by atoms with Crippen LogP contribution in [0.5, 0.6) is 0 Å². The number of likely N-dealkylation sites (tertiary alicyclic amines) is 2. The molecule has 0 saturated carbocycles. The van der Waals surface area contributed by atoms with Gasteiger partial charge in [0.05, 0.1) is 6.54 Å². The van der Waals surface area contributed by atoms with Crippen molar-refractivity contribution in [1.29, 1.82) is 0 Å². The topological polar surface area (TPSA) is 67.9 Å². The van der Waals surface area contributed by atoms with Crippen LogP contribution in [0.2, 0.25) is 0 Å². The van der Waals surface area contributed by atoms with E-state index in [1.165, 1.54) is 4.88 Å². The second kappa shape index (κ2) is 9.77. The average molecular weight is 434 g/mol. The van der Waals surface area contributed by atoms with E-state index in [-0.39, 0.29) is 29.9 Å². The summed E-state index contributed by atoms with van der Waals surface area (Å²) in [7, 11) is 4.32. The van der Waals surface area contributed by atoms with Gasteiger partial charge in [-0.1, -0.05) is 6.07 Å². The standard InChI is InChI=1S/C22H35N5O2S/c1-25-10-7-16(8-11-25)27-12-9-19-21(27)22(29)24-14-17(26(19)2)5-6-20(28)23-15-18-4-3-13-30-18/h3-4,13,16-17,19,21H,5-12,14-15H2,1-2H3,(H,23,28)(H,24,29)/t17-,19+,21-/m0/s1. The molecule has 2 N–H and O–H groups in total. The Balaban J connectivity index is 1.32. The number of fused-ring (bicyclic) bond motifs is 1. The molecule has 8 heteroatoms. The highest BCUT2D eigenvalue weighted by atomic mass is 32.1. The van der Waals surface area contributed by atoms with Gasteiger partial charge in [0.2, 0.25) is 11.8 Å². The first-order chi connectivity index (χ1) is 14.5. The summed E-state index contributed by atoms with van der Waals surface area (Å²) in [5.41, 5.74) is 0. The van der Waals surface area contributed by atoms with Gasteiger partial charge in [-0.2, -0.15) is 0 Å². The van der Waals surface area contributed by atoms with Crippen molar-refractivity contribution in [2.75, 3.05) is 40.3 Å². The number of nitrogens with one attached hydrogen (secondary N) is 2. The lowest BCUT2D eigenvalue weighted by atomic mass is 10.0. The molecule has 3 atom stereocenters. The Morgan fingerprint density at radius 3 is 2.77 bits per heavy atom. The first-order valence-corrected chi connectivity index (χ1v) is 12.1. The Hall–Kier alpha value is -1.48. The average Bonchev–Trinajstić information content (AvgIpc) is 3.40. The van der Waals surface area contributed by atoms with E-state index < -0.39 is 0 Å². The van der Waals surface area contributed by atoms with Crippen LogP contribution in [0.1, 0.15) is 37.0 Å². The third-order valence-electron chi connectivity index (χ3n) is 7.19. The van der Waals surface area contributed by atoms with Crippen LogP contribution in [-0.4, -0.2) is 91.0 Å². The summed E-state index contributed by atoms with van der Waals surface area (Å²) in [5.74, 6) is 0.260. The lowest BCUT2D eigenvalue weighted by Crippen LogP contribution is -2.54. The number of likely N-dealkylation sites (N-methyl/N-ethyl adjacent to an activating group) is 1. The number of hydrogen-bond donors (Lipinski definition) is 2. The van der Waals surface area contributed by atoms with Crippen molar-refractivity contribution in [3.05, 3.63) is 22.4 Å². The second-order valence-electron chi connectivity index (χ2n) is 9.03. The Labute approximate surface area is 183 Å². The molecule has 1 aromatic heterocycles. The summed E-state index contributed by atoms with van der Waals surface area (Å²) in [5, 5.41) is 8.23. The van der Waals surface area contributed by atoms with Gasteiger partial charge in [-0.05, 0) is 64.3 Å². The Morgan fingerprint density at radius 1 is 1.23 bits per heavy atom. The van der Waals surface area contributed by atoms with E-state index in [1.54, 1.807) is 11.3 Å². The van der Waals surface area contributed by atoms with E-state index in [4.69, 9.17) is 0 Å². The van der Waals surface area contributed by atoms with Gasteiger partial charge in [0.15, 0.2) is 0 Å². The second-order valence-corrected chi connectivity index (χ2v) is 10.1. The van der Waals surface area contributed by atoms with Crippen molar-refractivity contribution in [3.8, 4) is 0 Å². The highest BCUT2D eigenvalue weighted by Crippen LogP contribution is 2.31. The SMILES string of the molecule is CN1CCC(N2CC[C@@H]3[C@H]2C(=O)NC[C@H](CCC(=O)NCc2cccs2)N3C)CC1. The summed E-state index contributed by atoms with van der Waals surface area (Å²) in [6, 6.07) is 4.94. The van der Waals surface area contributed by atoms with E-state index in [1.807, 2.05) is 17.5 Å². The van der Waals surface area contributed by atoms with Crippen LogP contribution in [0, 0.1) is 0 Å². The highest BCUT2D eigenvalue weighted by molar-refractivity contribution is 7.09. The third-order valence-corrected chi connectivity index (χ3v) is 8.06. The zero-order valence-corrected chi connectivity index (χ0v) is 19.0. The van der Waals surface area contributed by atoms with Gasteiger partial charge in [0, 0.05) is 42.5 Å². The third kappa shape index (κ3) is 4.88. The summed E-state index contributed by atoms with van der Waals surface area (Å²) < 4.78 is 0. The van der Waals surface area contributed by atoms with Crippen LogP contribution < -0.4 is 10.6 Å². The largest absolute Gasteiger partial charge is 0.353 e. The molecule has 166 valence electrons. The lowest BCUT2D eigenvalue weighted by Gasteiger charge is -2.39. The van der Waals surface area contributed by atoms with E-state index in [0.29, 0.717) is 25.6 Å². The number of thiophene rings is 1. The predicted octanol–water partition coefficient (Wildman–Crippen LogP) is 1.11. The first-order valence-electron chi connectivity index (χ1n) is 11.3. The van der Waals surface area contributed by atoms with Gasteiger partial charge in [-0.15, -0.1) is 11.3 Å². The number of nitrogens with zero attached hydrogens (tertiary/aromatic N) is 3. The molecular weight excluding hydrogens is 398 g/mol. The molecule has 3 aliphatic heterocycles. The van der Waals surface area contributed by atoms with Crippen LogP contribution in [0.15, 0.2) is 17.5 Å². The van der Waals surface area contributed by atoms with Crippen LogP contribution >= 0.6 is 11.3 Å². The predicted molar refractivity (Wildman–Crippen MR) is 119 cm³/mol. The minimum Gasteiger partial charge on any atom is -0.353 e. The first kappa shape index (κ1) is 21.7. The summed E-state index contributed by atoms with van der Waals surface area (Å²) in [6.07, 6.45) is 4.58. The van der Waals surface area contributed by atoms with Crippen molar-refractivity contribution < 1.29 is 9.59 Å². The van der Waals surface area contributed by atoms with E-state index in [2.05, 4.69) is 39.4 Å². The van der Waals surface area contributed by atoms with Crippen molar-refractivity contribution in [2.45, 2.75) is 62.8 Å².